The lowest BCUT2D eigenvalue weighted by Crippen LogP contribution is -2.18. The minimum Gasteiger partial charge on any atom is -0.383 e. The summed E-state index contributed by atoms with van der Waals surface area (Å²) < 4.78 is 20.5. The van der Waals surface area contributed by atoms with Crippen LogP contribution in [0.3, 0.4) is 0 Å². The molecule has 1 heterocycles. The first kappa shape index (κ1) is 15.1. The molecule has 108 valence electrons. The van der Waals surface area contributed by atoms with Crippen LogP contribution >= 0.6 is 15.9 Å². The molecule has 2 rings (SSSR count). The predicted molar refractivity (Wildman–Crippen MR) is 76.8 cm³/mol. The van der Waals surface area contributed by atoms with E-state index in [9.17, 15) is 4.39 Å². The van der Waals surface area contributed by atoms with Crippen LogP contribution in [0.4, 0.5) is 4.39 Å². The first-order valence-corrected chi connectivity index (χ1v) is 7.01. The Morgan fingerprint density at radius 2 is 2.30 bits per heavy atom. The zero-order valence-corrected chi connectivity index (χ0v) is 12.7. The summed E-state index contributed by atoms with van der Waals surface area (Å²) in [4.78, 5) is 0. The third-order valence-electron chi connectivity index (χ3n) is 2.74. The number of hydrogen-bond donors (Lipinski definition) is 1. The fourth-order valence-corrected chi connectivity index (χ4v) is 2.12. The van der Waals surface area contributed by atoms with E-state index in [2.05, 4.69) is 31.6 Å². The molecular formula is C13H16BrFN4O. The molecule has 0 spiro atoms. The summed E-state index contributed by atoms with van der Waals surface area (Å²) in [5.74, 6) is -0.274. The summed E-state index contributed by atoms with van der Waals surface area (Å²) in [6, 6.07) is 4.95. The molecule has 0 bridgehead atoms. The SMILES string of the molecule is COCCNCc1cn(Cc2cccc(F)c2Br)nn1. The summed E-state index contributed by atoms with van der Waals surface area (Å²) in [6.45, 7) is 2.53. The van der Waals surface area contributed by atoms with Gasteiger partial charge in [0.25, 0.3) is 0 Å². The maximum Gasteiger partial charge on any atom is 0.137 e. The molecule has 1 aromatic carbocycles. The van der Waals surface area contributed by atoms with Crippen LogP contribution in [0, 0.1) is 5.82 Å². The molecule has 0 saturated carbocycles. The van der Waals surface area contributed by atoms with Crippen LogP contribution in [0.25, 0.3) is 0 Å². The summed E-state index contributed by atoms with van der Waals surface area (Å²) in [7, 11) is 1.66. The van der Waals surface area contributed by atoms with Gasteiger partial charge in [-0.05, 0) is 27.6 Å². The van der Waals surface area contributed by atoms with Gasteiger partial charge in [0.1, 0.15) is 5.82 Å². The van der Waals surface area contributed by atoms with Crippen LogP contribution in [0.1, 0.15) is 11.3 Å². The van der Waals surface area contributed by atoms with Crippen molar-refractivity contribution in [2.45, 2.75) is 13.1 Å². The Balaban J connectivity index is 1.94. The monoisotopic (exact) mass is 342 g/mol. The highest BCUT2D eigenvalue weighted by Gasteiger charge is 2.07. The van der Waals surface area contributed by atoms with Gasteiger partial charge >= 0.3 is 0 Å². The summed E-state index contributed by atoms with van der Waals surface area (Å²) in [5.41, 5.74) is 1.67. The van der Waals surface area contributed by atoms with E-state index in [1.54, 1.807) is 17.9 Å². The molecule has 1 aromatic heterocycles. The van der Waals surface area contributed by atoms with Crippen LogP contribution in [0.2, 0.25) is 0 Å². The van der Waals surface area contributed by atoms with E-state index in [0.29, 0.717) is 24.2 Å². The average molecular weight is 343 g/mol. The topological polar surface area (TPSA) is 52.0 Å². The number of ether oxygens (including phenoxy) is 1. The van der Waals surface area contributed by atoms with Gasteiger partial charge in [0, 0.05) is 20.2 Å². The molecule has 0 saturated heterocycles. The van der Waals surface area contributed by atoms with E-state index in [-0.39, 0.29) is 5.82 Å². The van der Waals surface area contributed by atoms with E-state index >= 15 is 0 Å². The molecule has 0 atom stereocenters. The minimum atomic E-state index is -0.274. The Hall–Kier alpha value is -1.31. The Labute approximate surface area is 125 Å². The molecule has 0 aliphatic rings. The molecule has 0 aliphatic heterocycles. The van der Waals surface area contributed by atoms with Crippen molar-refractivity contribution < 1.29 is 9.13 Å². The van der Waals surface area contributed by atoms with Gasteiger partial charge in [0.05, 0.1) is 29.5 Å². The summed E-state index contributed by atoms with van der Waals surface area (Å²) in [5, 5.41) is 11.3. The zero-order valence-electron chi connectivity index (χ0n) is 11.1. The Bertz CT molecular complexity index is 561. The number of nitrogens with zero attached hydrogens (tertiary/aromatic N) is 3. The van der Waals surface area contributed by atoms with Crippen LogP contribution in [-0.2, 0) is 17.8 Å². The number of benzene rings is 1. The first-order chi connectivity index (χ1) is 9.70. The average Bonchev–Trinajstić information content (AvgIpc) is 2.88. The highest BCUT2D eigenvalue weighted by molar-refractivity contribution is 9.10. The van der Waals surface area contributed by atoms with Crippen molar-refractivity contribution in [3.8, 4) is 0 Å². The standard InChI is InChI=1S/C13H16BrFN4O/c1-20-6-5-16-7-11-9-19(18-17-11)8-10-3-2-4-12(15)13(10)14/h2-4,9,16H,5-8H2,1H3. The second kappa shape index (κ2) is 7.47. The van der Waals surface area contributed by atoms with Crippen molar-refractivity contribution in [3.05, 3.63) is 45.9 Å². The maximum atomic E-state index is 13.4. The lowest BCUT2D eigenvalue weighted by Gasteiger charge is -2.04. The first-order valence-electron chi connectivity index (χ1n) is 6.22. The molecule has 0 fully saturated rings. The molecule has 0 amide bonds. The van der Waals surface area contributed by atoms with Gasteiger partial charge in [0.15, 0.2) is 0 Å². The van der Waals surface area contributed by atoms with E-state index in [4.69, 9.17) is 4.74 Å². The number of methoxy groups -OCH3 is 1. The van der Waals surface area contributed by atoms with Crippen molar-refractivity contribution in [1.29, 1.82) is 0 Å². The van der Waals surface area contributed by atoms with E-state index < -0.39 is 0 Å². The predicted octanol–water partition coefficient (Wildman–Crippen LogP) is 1.96. The van der Waals surface area contributed by atoms with Crippen LogP contribution in [0.5, 0.6) is 0 Å². The highest BCUT2D eigenvalue weighted by atomic mass is 79.9. The lowest BCUT2D eigenvalue weighted by molar-refractivity contribution is 0.199. The second-order valence-corrected chi connectivity index (χ2v) is 5.08. The summed E-state index contributed by atoms with van der Waals surface area (Å²) >= 11 is 3.24. The molecule has 1 N–H and O–H groups in total. The maximum absolute atomic E-state index is 13.4. The largest absolute Gasteiger partial charge is 0.383 e. The molecule has 5 nitrogen and oxygen atoms in total. The van der Waals surface area contributed by atoms with E-state index in [1.807, 2.05) is 12.3 Å². The van der Waals surface area contributed by atoms with Gasteiger partial charge in [0.2, 0.25) is 0 Å². The molecule has 7 heteroatoms. The number of halogens is 2. The molecule has 20 heavy (non-hydrogen) atoms. The number of nitrogens with one attached hydrogen (secondary N) is 1. The third-order valence-corrected chi connectivity index (χ3v) is 3.63. The number of hydrogen-bond acceptors (Lipinski definition) is 4. The quantitative estimate of drug-likeness (QED) is 0.781. The number of aromatic nitrogens is 3. The molecule has 0 radical (unpaired) electrons. The van der Waals surface area contributed by atoms with Gasteiger partial charge in [-0.1, -0.05) is 17.3 Å². The Kier molecular flexibility index (Phi) is 5.63. The van der Waals surface area contributed by atoms with Crippen LogP contribution in [-0.4, -0.2) is 35.3 Å². The van der Waals surface area contributed by atoms with Gasteiger partial charge in [-0.2, -0.15) is 0 Å². The van der Waals surface area contributed by atoms with Crippen LogP contribution in [0.15, 0.2) is 28.9 Å². The van der Waals surface area contributed by atoms with Gasteiger partial charge < -0.3 is 10.1 Å². The Morgan fingerprint density at radius 3 is 3.10 bits per heavy atom. The smallest absolute Gasteiger partial charge is 0.137 e. The van der Waals surface area contributed by atoms with E-state index in [1.165, 1.54) is 6.07 Å². The van der Waals surface area contributed by atoms with Crippen molar-refractivity contribution in [2.75, 3.05) is 20.3 Å². The minimum absolute atomic E-state index is 0.274. The summed E-state index contributed by atoms with van der Waals surface area (Å²) in [6.07, 6.45) is 1.84. The van der Waals surface area contributed by atoms with Crippen molar-refractivity contribution >= 4 is 15.9 Å². The van der Waals surface area contributed by atoms with Crippen molar-refractivity contribution in [3.63, 3.8) is 0 Å². The fraction of sp³-hybridized carbons (Fsp3) is 0.385. The molecule has 0 aliphatic carbocycles. The number of rotatable bonds is 7. The van der Waals surface area contributed by atoms with Gasteiger partial charge in [-0.25, -0.2) is 9.07 Å². The van der Waals surface area contributed by atoms with Gasteiger partial charge in [-0.15, -0.1) is 5.10 Å². The Morgan fingerprint density at radius 1 is 1.45 bits per heavy atom. The molecule has 0 unspecified atom stereocenters. The molecule has 2 aromatic rings. The van der Waals surface area contributed by atoms with Crippen molar-refractivity contribution in [1.82, 2.24) is 20.3 Å². The zero-order chi connectivity index (χ0) is 14.4. The van der Waals surface area contributed by atoms with E-state index in [0.717, 1.165) is 17.8 Å². The second-order valence-electron chi connectivity index (χ2n) is 4.29. The van der Waals surface area contributed by atoms with Crippen molar-refractivity contribution in [2.24, 2.45) is 0 Å². The third kappa shape index (κ3) is 4.09. The normalized spacial score (nSPS) is 10.9. The highest BCUT2D eigenvalue weighted by Crippen LogP contribution is 2.20. The van der Waals surface area contributed by atoms with Gasteiger partial charge in [-0.3, -0.25) is 0 Å². The molecular weight excluding hydrogens is 327 g/mol. The lowest BCUT2D eigenvalue weighted by atomic mass is 10.2. The van der Waals surface area contributed by atoms with Crippen LogP contribution < -0.4 is 5.32 Å². The fourth-order valence-electron chi connectivity index (χ4n) is 1.73.